The van der Waals surface area contributed by atoms with Crippen LogP contribution in [0.2, 0.25) is 0 Å². The number of benzene rings is 1. The van der Waals surface area contributed by atoms with Gasteiger partial charge in [0.25, 0.3) is 5.91 Å². The predicted molar refractivity (Wildman–Crippen MR) is 120 cm³/mol. The Morgan fingerprint density at radius 2 is 1.84 bits per heavy atom. The molecule has 31 heavy (non-hydrogen) atoms. The molecule has 1 N–H and O–H groups in total. The van der Waals surface area contributed by atoms with Crippen LogP contribution in [-0.4, -0.2) is 56.6 Å². The number of carbonyl (C=O) groups excluding carboxylic acids is 1. The number of nitrogens with one attached hydrogen (secondary N) is 1. The monoisotopic (exact) mass is 416 g/mol. The van der Waals surface area contributed by atoms with Gasteiger partial charge < -0.3 is 9.80 Å². The lowest BCUT2D eigenvalue weighted by molar-refractivity contribution is 0.00773. The zero-order valence-corrected chi connectivity index (χ0v) is 18.5. The summed E-state index contributed by atoms with van der Waals surface area (Å²) in [6, 6.07) is 8.03. The summed E-state index contributed by atoms with van der Waals surface area (Å²) in [5.41, 5.74) is 6.81. The minimum Gasteiger partial charge on any atom is -0.339 e. The molecule has 0 bridgehead atoms. The molecule has 5 rings (SSSR count). The summed E-state index contributed by atoms with van der Waals surface area (Å²) in [4.78, 5) is 27.3. The Bertz CT molecular complexity index is 1120. The van der Waals surface area contributed by atoms with E-state index < -0.39 is 0 Å². The van der Waals surface area contributed by atoms with E-state index in [0.29, 0.717) is 5.92 Å². The maximum Gasteiger partial charge on any atom is 0.254 e. The average molecular weight is 417 g/mol. The van der Waals surface area contributed by atoms with Crippen molar-refractivity contribution in [3.63, 3.8) is 0 Å². The third kappa shape index (κ3) is 3.28. The van der Waals surface area contributed by atoms with Crippen molar-refractivity contribution >= 4 is 11.9 Å². The van der Waals surface area contributed by atoms with Crippen LogP contribution in [0.25, 0.3) is 11.3 Å². The first-order valence-electron chi connectivity index (χ1n) is 10.9. The number of aromatic amines is 1. The molecular formula is C24H28N6O. The largest absolute Gasteiger partial charge is 0.339 e. The zero-order chi connectivity index (χ0) is 21.7. The molecule has 2 atom stereocenters. The number of nitrogens with zero attached hydrogens (tertiary/aromatic N) is 5. The maximum absolute atomic E-state index is 13.6. The molecule has 2 unspecified atom stereocenters. The smallest absolute Gasteiger partial charge is 0.254 e. The number of piperidine rings is 1. The normalized spacial score (nSPS) is 20.4. The van der Waals surface area contributed by atoms with Gasteiger partial charge >= 0.3 is 0 Å². The minimum absolute atomic E-state index is 0.0913. The number of likely N-dealkylation sites (tertiary alicyclic amines) is 1. The van der Waals surface area contributed by atoms with Crippen LogP contribution in [0, 0.1) is 33.6 Å². The number of H-pyrrole nitrogens is 1. The van der Waals surface area contributed by atoms with Gasteiger partial charge in [-0.1, -0.05) is 12.1 Å². The van der Waals surface area contributed by atoms with Crippen LogP contribution in [0.15, 0.2) is 30.5 Å². The van der Waals surface area contributed by atoms with E-state index in [2.05, 4.69) is 22.0 Å². The lowest BCUT2D eigenvalue weighted by Crippen LogP contribution is -2.66. The lowest BCUT2D eigenvalue weighted by Gasteiger charge is -2.53. The van der Waals surface area contributed by atoms with Crippen LogP contribution < -0.4 is 4.90 Å². The maximum atomic E-state index is 13.6. The van der Waals surface area contributed by atoms with Crippen LogP contribution in [0.3, 0.4) is 0 Å². The fraction of sp³-hybridized carbons (Fsp3) is 0.417. The fourth-order valence-corrected chi connectivity index (χ4v) is 4.86. The van der Waals surface area contributed by atoms with E-state index in [-0.39, 0.29) is 11.9 Å². The number of hydrogen-bond donors (Lipinski definition) is 1. The Balaban J connectivity index is 1.40. The number of rotatable bonds is 3. The first-order chi connectivity index (χ1) is 14.9. The molecule has 2 aromatic heterocycles. The molecule has 2 aliphatic rings. The van der Waals surface area contributed by atoms with E-state index in [4.69, 9.17) is 9.97 Å². The van der Waals surface area contributed by atoms with Crippen LogP contribution in [-0.2, 0) is 0 Å². The lowest BCUT2D eigenvalue weighted by atomic mass is 9.81. The highest BCUT2D eigenvalue weighted by molar-refractivity contribution is 6.01. The molecule has 2 saturated heterocycles. The molecule has 1 amide bonds. The second-order valence-electron chi connectivity index (χ2n) is 8.81. The SMILES string of the molecule is Cc1cccc(C(=O)N2CC3CCN(c4nc(C)c(C)c(C)n4)CC32)c1-c1ccn[nH]1. The van der Waals surface area contributed by atoms with E-state index in [0.717, 1.165) is 71.3 Å². The standard InChI is InChI=1S/C24H28N6O/c1-14-6-5-7-19(22(14)20-8-10-25-28-20)23(31)30-12-18-9-11-29(13-21(18)30)24-26-16(3)15(2)17(4)27-24/h5-8,10,18,21H,9,11-13H2,1-4H3,(H,25,28). The molecular weight excluding hydrogens is 388 g/mol. The van der Waals surface area contributed by atoms with Crippen molar-refractivity contribution in [2.75, 3.05) is 24.5 Å². The van der Waals surface area contributed by atoms with Crippen molar-refractivity contribution in [2.24, 2.45) is 5.92 Å². The quantitative estimate of drug-likeness (QED) is 0.708. The molecule has 160 valence electrons. The second kappa shape index (κ2) is 7.48. The molecule has 0 radical (unpaired) electrons. The van der Waals surface area contributed by atoms with Crippen molar-refractivity contribution in [3.05, 3.63) is 58.5 Å². The van der Waals surface area contributed by atoms with Crippen molar-refractivity contribution in [1.29, 1.82) is 0 Å². The van der Waals surface area contributed by atoms with Gasteiger partial charge in [0.2, 0.25) is 5.95 Å². The van der Waals surface area contributed by atoms with E-state index in [1.54, 1.807) is 6.20 Å². The molecule has 4 heterocycles. The summed E-state index contributed by atoms with van der Waals surface area (Å²) in [6.45, 7) is 10.7. The van der Waals surface area contributed by atoms with Crippen LogP contribution in [0.5, 0.6) is 0 Å². The average Bonchev–Trinajstić information content (AvgIpc) is 3.26. The Hall–Kier alpha value is -3.22. The summed E-state index contributed by atoms with van der Waals surface area (Å²) >= 11 is 0. The fourth-order valence-electron chi connectivity index (χ4n) is 4.86. The molecule has 0 saturated carbocycles. The first-order valence-corrected chi connectivity index (χ1v) is 10.9. The van der Waals surface area contributed by atoms with E-state index in [1.807, 2.05) is 49.9 Å². The minimum atomic E-state index is 0.0913. The Kier molecular flexibility index (Phi) is 4.76. The highest BCUT2D eigenvalue weighted by atomic mass is 16.2. The Morgan fingerprint density at radius 1 is 1.06 bits per heavy atom. The zero-order valence-electron chi connectivity index (χ0n) is 18.5. The first kappa shape index (κ1) is 19.7. The third-order valence-corrected chi connectivity index (χ3v) is 6.99. The molecule has 2 aliphatic heterocycles. The second-order valence-corrected chi connectivity index (χ2v) is 8.81. The van der Waals surface area contributed by atoms with Gasteiger partial charge in [-0.15, -0.1) is 0 Å². The van der Waals surface area contributed by atoms with Gasteiger partial charge in [-0.05, 0) is 57.4 Å². The summed E-state index contributed by atoms with van der Waals surface area (Å²) in [7, 11) is 0. The van der Waals surface area contributed by atoms with Crippen molar-refractivity contribution < 1.29 is 4.79 Å². The van der Waals surface area contributed by atoms with Gasteiger partial charge in [0, 0.05) is 54.3 Å². The molecule has 0 aliphatic carbocycles. The van der Waals surface area contributed by atoms with Gasteiger partial charge in [-0.25, -0.2) is 9.97 Å². The topological polar surface area (TPSA) is 78.0 Å². The van der Waals surface area contributed by atoms with Gasteiger partial charge in [-0.3, -0.25) is 9.89 Å². The van der Waals surface area contributed by atoms with E-state index >= 15 is 0 Å². The number of aromatic nitrogens is 4. The van der Waals surface area contributed by atoms with Crippen molar-refractivity contribution in [3.8, 4) is 11.3 Å². The van der Waals surface area contributed by atoms with Gasteiger partial charge in [0.15, 0.2) is 0 Å². The Labute approximate surface area is 182 Å². The molecule has 2 fully saturated rings. The summed E-state index contributed by atoms with van der Waals surface area (Å²) in [5, 5.41) is 7.10. The number of anilines is 1. The molecule has 3 aromatic rings. The van der Waals surface area contributed by atoms with Gasteiger partial charge in [-0.2, -0.15) is 5.10 Å². The van der Waals surface area contributed by atoms with Crippen molar-refractivity contribution in [2.45, 2.75) is 40.2 Å². The number of amides is 1. The molecule has 7 heteroatoms. The predicted octanol–water partition coefficient (Wildman–Crippen LogP) is 3.45. The number of fused-ring (bicyclic) bond motifs is 1. The number of carbonyl (C=O) groups is 1. The van der Waals surface area contributed by atoms with Crippen LogP contribution >= 0.6 is 0 Å². The summed E-state index contributed by atoms with van der Waals surface area (Å²) < 4.78 is 0. The summed E-state index contributed by atoms with van der Waals surface area (Å²) in [6.07, 6.45) is 2.78. The molecule has 7 nitrogen and oxygen atoms in total. The van der Waals surface area contributed by atoms with E-state index in [1.165, 1.54) is 0 Å². The number of aryl methyl sites for hydroxylation is 3. The van der Waals surface area contributed by atoms with E-state index in [9.17, 15) is 4.79 Å². The van der Waals surface area contributed by atoms with Crippen LogP contribution in [0.1, 0.15) is 39.3 Å². The van der Waals surface area contributed by atoms with Crippen molar-refractivity contribution in [1.82, 2.24) is 25.1 Å². The molecule has 1 aromatic carbocycles. The Morgan fingerprint density at radius 3 is 2.55 bits per heavy atom. The van der Waals surface area contributed by atoms with Gasteiger partial charge in [0.1, 0.15) is 0 Å². The third-order valence-electron chi connectivity index (χ3n) is 6.99. The summed E-state index contributed by atoms with van der Waals surface area (Å²) in [5.74, 6) is 1.42. The van der Waals surface area contributed by atoms with Gasteiger partial charge in [0.05, 0.1) is 11.7 Å². The molecule has 0 spiro atoms. The highest BCUT2D eigenvalue weighted by Crippen LogP contribution is 2.36. The van der Waals surface area contributed by atoms with Crippen LogP contribution in [0.4, 0.5) is 5.95 Å². The number of hydrogen-bond acceptors (Lipinski definition) is 5. The highest BCUT2D eigenvalue weighted by Gasteiger charge is 2.46.